The number of likely N-dealkylation sites (tertiary alicyclic amines) is 2. The number of sulfonamides is 1. The van der Waals surface area contributed by atoms with Gasteiger partial charge in [0.05, 0.1) is 18.6 Å². The van der Waals surface area contributed by atoms with E-state index in [0.717, 1.165) is 51.5 Å². The van der Waals surface area contributed by atoms with E-state index in [0.29, 0.717) is 41.4 Å². The second-order valence-electron chi connectivity index (χ2n) is 12.9. The molecule has 1 aromatic heterocycles. The number of benzene rings is 1. The molecule has 0 bridgehead atoms. The van der Waals surface area contributed by atoms with Crippen LogP contribution in [0.25, 0.3) is 0 Å². The van der Waals surface area contributed by atoms with Crippen LogP contribution < -0.4 is 4.74 Å². The van der Waals surface area contributed by atoms with Crippen LogP contribution >= 0.6 is 12.4 Å². The lowest BCUT2D eigenvalue weighted by Crippen LogP contribution is -2.48. The summed E-state index contributed by atoms with van der Waals surface area (Å²) in [5.41, 5.74) is 2.67. The predicted octanol–water partition coefficient (Wildman–Crippen LogP) is 5.13. The van der Waals surface area contributed by atoms with Crippen LogP contribution in [0.3, 0.4) is 0 Å². The third-order valence-corrected chi connectivity index (χ3v) is 12.3. The molecule has 3 saturated heterocycles. The lowest BCUT2D eigenvalue weighted by Gasteiger charge is -2.42. The molecule has 0 unspecified atom stereocenters. The Balaban J connectivity index is 0.00000461. The molecule has 2 aromatic rings. The van der Waals surface area contributed by atoms with Crippen molar-refractivity contribution in [2.24, 2.45) is 0 Å². The van der Waals surface area contributed by atoms with Gasteiger partial charge in [-0.3, -0.25) is 9.78 Å². The molecule has 0 radical (unpaired) electrons. The largest absolute Gasteiger partial charge is 0.497 e. The standard InChI is InChI=1S/C34H50N4O5S.ClH/c1-27-22-31(42-3)23-28(2)33(27)44(40,41)38-19-5-4-11-30(38)25-43-26-32(39)37-20-13-34(14-21-37,29-10-8-15-35-24-29)12-9-18-36-16-6-7-17-36;/h8,10,15,22-24,30H,4-7,9,11-14,16-21,25-26H2,1-3H3;1H/t30-;/m0./s1. The molecule has 1 amide bonds. The molecule has 1 atom stereocenters. The minimum Gasteiger partial charge on any atom is -0.497 e. The van der Waals surface area contributed by atoms with Crippen molar-refractivity contribution in [2.75, 3.05) is 59.6 Å². The first-order valence-corrected chi connectivity index (χ1v) is 17.8. The number of piperidine rings is 2. The SMILES string of the molecule is COc1cc(C)c(S(=O)(=O)N2CCCC[C@H]2COCC(=O)N2CCC(CCCN3CCCC3)(c3cccnc3)CC2)c(C)c1.Cl. The number of aryl methyl sites for hydroxylation is 2. The summed E-state index contributed by atoms with van der Waals surface area (Å²) in [6.07, 6.45) is 13.0. The molecule has 0 N–H and O–H groups in total. The van der Waals surface area contributed by atoms with E-state index in [-0.39, 0.29) is 43.0 Å². The predicted molar refractivity (Wildman–Crippen MR) is 179 cm³/mol. The third-order valence-electron chi connectivity index (χ3n) is 10.0. The average Bonchev–Trinajstić information content (AvgIpc) is 3.55. The summed E-state index contributed by atoms with van der Waals surface area (Å²) in [7, 11) is -2.14. The van der Waals surface area contributed by atoms with E-state index in [4.69, 9.17) is 9.47 Å². The zero-order valence-electron chi connectivity index (χ0n) is 27.2. The molecule has 4 heterocycles. The number of hydrogen-bond donors (Lipinski definition) is 0. The van der Waals surface area contributed by atoms with Crippen molar-refractivity contribution in [3.63, 3.8) is 0 Å². The molecular formula is C34H51ClN4O5S. The van der Waals surface area contributed by atoms with Crippen LogP contribution in [0.4, 0.5) is 0 Å². The normalized spacial score (nSPS) is 21.0. The van der Waals surface area contributed by atoms with Gasteiger partial charge in [-0.15, -0.1) is 12.4 Å². The van der Waals surface area contributed by atoms with Gasteiger partial charge in [0.25, 0.3) is 0 Å². The Morgan fingerprint density at radius 2 is 1.71 bits per heavy atom. The number of pyridine rings is 1. The highest BCUT2D eigenvalue weighted by atomic mass is 35.5. The van der Waals surface area contributed by atoms with Crippen LogP contribution in [0.2, 0.25) is 0 Å². The highest BCUT2D eigenvalue weighted by molar-refractivity contribution is 7.89. The summed E-state index contributed by atoms with van der Waals surface area (Å²) in [6.45, 7) is 9.22. The fourth-order valence-corrected chi connectivity index (χ4v) is 9.67. The first-order chi connectivity index (χ1) is 21.2. The Morgan fingerprint density at radius 1 is 1.02 bits per heavy atom. The summed E-state index contributed by atoms with van der Waals surface area (Å²) >= 11 is 0. The molecule has 3 aliphatic heterocycles. The van der Waals surface area contributed by atoms with Crippen LogP contribution in [0, 0.1) is 13.8 Å². The number of carbonyl (C=O) groups is 1. The molecule has 1 aromatic carbocycles. The summed E-state index contributed by atoms with van der Waals surface area (Å²) in [6, 6.07) is 7.46. The molecule has 3 fully saturated rings. The number of rotatable bonds is 12. The fraction of sp³-hybridized carbons (Fsp3) is 0.647. The van der Waals surface area contributed by atoms with Crippen molar-refractivity contribution in [2.45, 2.75) is 88.0 Å². The van der Waals surface area contributed by atoms with E-state index in [1.54, 1.807) is 23.5 Å². The zero-order chi connectivity index (χ0) is 31.2. The number of amides is 1. The van der Waals surface area contributed by atoms with Gasteiger partial charge >= 0.3 is 0 Å². The van der Waals surface area contributed by atoms with Crippen LogP contribution in [0.5, 0.6) is 5.75 Å². The third kappa shape index (κ3) is 8.38. The van der Waals surface area contributed by atoms with E-state index in [1.165, 1.54) is 31.5 Å². The first-order valence-electron chi connectivity index (χ1n) is 16.4. The second kappa shape index (κ2) is 16.0. The summed E-state index contributed by atoms with van der Waals surface area (Å²) < 4.78 is 40.6. The van der Waals surface area contributed by atoms with E-state index in [9.17, 15) is 13.2 Å². The van der Waals surface area contributed by atoms with Crippen molar-refractivity contribution in [3.05, 3.63) is 53.3 Å². The molecule has 3 aliphatic rings. The highest BCUT2D eigenvalue weighted by Crippen LogP contribution is 2.40. The average molecular weight is 663 g/mol. The maximum Gasteiger partial charge on any atom is 0.248 e. The maximum atomic E-state index is 13.9. The van der Waals surface area contributed by atoms with Gasteiger partial charge in [-0.2, -0.15) is 4.31 Å². The summed E-state index contributed by atoms with van der Waals surface area (Å²) in [4.78, 5) is 22.5. The van der Waals surface area contributed by atoms with Crippen LogP contribution in [-0.2, 0) is 25.0 Å². The number of methoxy groups -OCH3 is 1. The van der Waals surface area contributed by atoms with Gasteiger partial charge in [-0.1, -0.05) is 12.5 Å². The number of carbonyl (C=O) groups excluding carboxylic acids is 1. The summed E-state index contributed by atoms with van der Waals surface area (Å²) in [5.74, 6) is 0.627. The van der Waals surface area contributed by atoms with Gasteiger partial charge in [-0.05, 0) is 120 Å². The van der Waals surface area contributed by atoms with E-state index in [1.807, 2.05) is 37.2 Å². The zero-order valence-corrected chi connectivity index (χ0v) is 28.8. The monoisotopic (exact) mass is 662 g/mol. The van der Waals surface area contributed by atoms with Crippen LogP contribution in [0.15, 0.2) is 41.6 Å². The molecule has 11 heteroatoms. The minimum atomic E-state index is -3.73. The molecule has 9 nitrogen and oxygen atoms in total. The Hall–Kier alpha value is -2.24. The van der Waals surface area contributed by atoms with Crippen molar-refractivity contribution in [1.29, 1.82) is 0 Å². The fourth-order valence-electron chi connectivity index (χ4n) is 7.57. The lowest BCUT2D eigenvalue weighted by molar-refractivity contribution is -0.138. The molecule has 250 valence electrons. The minimum absolute atomic E-state index is 0. The molecule has 5 rings (SSSR count). The number of nitrogens with zero attached hydrogens (tertiary/aromatic N) is 4. The number of ether oxygens (including phenoxy) is 2. The molecule has 45 heavy (non-hydrogen) atoms. The number of aromatic nitrogens is 1. The summed E-state index contributed by atoms with van der Waals surface area (Å²) in [5, 5.41) is 0. The van der Waals surface area contributed by atoms with Gasteiger partial charge < -0.3 is 19.3 Å². The number of halogens is 1. The van der Waals surface area contributed by atoms with Crippen molar-refractivity contribution >= 4 is 28.3 Å². The van der Waals surface area contributed by atoms with Crippen LogP contribution in [-0.4, -0.2) is 99.0 Å². The Bertz CT molecular complexity index is 1340. The Morgan fingerprint density at radius 3 is 2.36 bits per heavy atom. The van der Waals surface area contributed by atoms with Gasteiger partial charge in [0.2, 0.25) is 15.9 Å². The van der Waals surface area contributed by atoms with Gasteiger partial charge in [0, 0.05) is 43.5 Å². The van der Waals surface area contributed by atoms with Gasteiger partial charge in [0.15, 0.2) is 0 Å². The smallest absolute Gasteiger partial charge is 0.248 e. The van der Waals surface area contributed by atoms with Crippen LogP contribution in [0.1, 0.15) is 74.5 Å². The number of hydrogen-bond acceptors (Lipinski definition) is 7. The van der Waals surface area contributed by atoms with E-state index >= 15 is 0 Å². The molecule has 0 saturated carbocycles. The van der Waals surface area contributed by atoms with Crippen molar-refractivity contribution in [1.82, 2.24) is 19.1 Å². The van der Waals surface area contributed by atoms with E-state index < -0.39 is 10.0 Å². The maximum absolute atomic E-state index is 13.9. The van der Waals surface area contributed by atoms with Gasteiger partial charge in [-0.25, -0.2) is 8.42 Å². The molecule has 0 aliphatic carbocycles. The molecular weight excluding hydrogens is 612 g/mol. The molecule has 0 spiro atoms. The first kappa shape index (κ1) is 35.6. The van der Waals surface area contributed by atoms with Gasteiger partial charge in [0.1, 0.15) is 12.4 Å². The van der Waals surface area contributed by atoms with Crippen molar-refractivity contribution in [3.8, 4) is 5.75 Å². The quantitative estimate of drug-likeness (QED) is 0.311. The van der Waals surface area contributed by atoms with E-state index in [2.05, 4.69) is 16.0 Å². The lowest BCUT2D eigenvalue weighted by atomic mass is 9.70. The topological polar surface area (TPSA) is 92.3 Å². The Labute approximate surface area is 276 Å². The highest BCUT2D eigenvalue weighted by Gasteiger charge is 2.38. The Kier molecular flexibility index (Phi) is 12.7. The second-order valence-corrected chi connectivity index (χ2v) is 14.8. The van der Waals surface area contributed by atoms with Crippen molar-refractivity contribution < 1.29 is 22.7 Å².